The zero-order valence-corrected chi connectivity index (χ0v) is 21.7. The van der Waals surface area contributed by atoms with Gasteiger partial charge in [0.2, 0.25) is 0 Å². The zero-order valence-electron chi connectivity index (χ0n) is 20.1. The summed E-state index contributed by atoms with van der Waals surface area (Å²) in [6.45, 7) is 4.69. The average Bonchev–Trinajstić information content (AvgIpc) is 3.42. The number of carbonyl (C=O) groups excluding carboxylic acids is 2. The minimum absolute atomic E-state index is 0.0277. The van der Waals surface area contributed by atoms with Crippen molar-refractivity contribution in [2.75, 3.05) is 18.1 Å². The van der Waals surface area contributed by atoms with Gasteiger partial charge in [0.15, 0.2) is 5.13 Å². The van der Waals surface area contributed by atoms with Gasteiger partial charge in [0.1, 0.15) is 17.3 Å². The predicted octanol–water partition coefficient (Wildman–Crippen LogP) is 6.37. The third-order valence-electron chi connectivity index (χ3n) is 5.92. The predicted molar refractivity (Wildman–Crippen MR) is 145 cm³/mol. The fourth-order valence-corrected chi connectivity index (χ4v) is 5.57. The first kappa shape index (κ1) is 24.8. The maximum absolute atomic E-state index is 13.4. The van der Waals surface area contributed by atoms with Gasteiger partial charge in [-0.3, -0.25) is 14.5 Å². The molecule has 1 aromatic heterocycles. The van der Waals surface area contributed by atoms with E-state index in [4.69, 9.17) is 21.1 Å². The van der Waals surface area contributed by atoms with E-state index in [0.717, 1.165) is 4.70 Å². The number of fused-ring (bicyclic) bond motifs is 1. The molecule has 1 aliphatic rings. The molecule has 1 aliphatic heterocycles. The van der Waals surface area contributed by atoms with Crippen LogP contribution in [0.4, 0.5) is 5.13 Å². The van der Waals surface area contributed by atoms with Crippen LogP contribution in [0.3, 0.4) is 0 Å². The second-order valence-corrected chi connectivity index (χ2v) is 9.69. The number of aliphatic hydroxyl groups excluding tert-OH is 1. The Balaban J connectivity index is 1.69. The van der Waals surface area contributed by atoms with Crippen LogP contribution in [0.5, 0.6) is 11.5 Å². The Morgan fingerprint density at radius 2 is 1.73 bits per heavy atom. The highest BCUT2D eigenvalue weighted by Crippen LogP contribution is 2.45. The summed E-state index contributed by atoms with van der Waals surface area (Å²) < 4.78 is 11.9. The van der Waals surface area contributed by atoms with Crippen LogP contribution in [0.15, 0.2) is 72.3 Å². The number of halogens is 1. The van der Waals surface area contributed by atoms with Crippen LogP contribution in [0, 0.1) is 0 Å². The van der Waals surface area contributed by atoms with Crippen LogP contribution in [-0.4, -0.2) is 35.0 Å². The average molecular weight is 535 g/mol. The second-order valence-electron chi connectivity index (χ2n) is 8.24. The van der Waals surface area contributed by atoms with Crippen molar-refractivity contribution in [1.29, 1.82) is 0 Å². The van der Waals surface area contributed by atoms with Gasteiger partial charge in [0.05, 0.1) is 35.0 Å². The molecule has 1 N–H and O–H groups in total. The van der Waals surface area contributed by atoms with Crippen molar-refractivity contribution in [3.63, 3.8) is 0 Å². The number of hydrogen-bond donors (Lipinski definition) is 1. The molecule has 0 aliphatic carbocycles. The number of aliphatic hydroxyl groups is 1. The molecule has 1 fully saturated rings. The summed E-state index contributed by atoms with van der Waals surface area (Å²) in [6.07, 6.45) is 0. The molecule has 1 unspecified atom stereocenters. The van der Waals surface area contributed by atoms with Crippen LogP contribution in [0.25, 0.3) is 16.0 Å². The lowest BCUT2D eigenvalue weighted by molar-refractivity contribution is -0.132. The van der Waals surface area contributed by atoms with E-state index < -0.39 is 17.7 Å². The first-order valence-electron chi connectivity index (χ1n) is 11.7. The summed E-state index contributed by atoms with van der Waals surface area (Å²) >= 11 is 7.41. The number of ketones is 1. The van der Waals surface area contributed by atoms with Crippen molar-refractivity contribution < 1.29 is 24.2 Å². The van der Waals surface area contributed by atoms with Gasteiger partial charge in [-0.15, -0.1) is 0 Å². The quantitative estimate of drug-likeness (QED) is 0.168. The first-order valence-corrected chi connectivity index (χ1v) is 12.9. The molecule has 2 heterocycles. The maximum Gasteiger partial charge on any atom is 0.301 e. The van der Waals surface area contributed by atoms with Gasteiger partial charge in [0, 0.05) is 10.6 Å². The van der Waals surface area contributed by atoms with Crippen molar-refractivity contribution in [2.45, 2.75) is 19.9 Å². The molecule has 7 nitrogen and oxygen atoms in total. The van der Waals surface area contributed by atoms with Crippen molar-refractivity contribution >= 4 is 55.7 Å². The molecular formula is C28H23ClN2O5S. The number of ether oxygens (including phenoxy) is 2. The number of thiazole rings is 1. The summed E-state index contributed by atoms with van der Waals surface area (Å²) in [4.78, 5) is 32.8. The number of aromatic nitrogens is 1. The van der Waals surface area contributed by atoms with Crippen LogP contribution in [0.2, 0.25) is 5.02 Å². The van der Waals surface area contributed by atoms with Crippen LogP contribution < -0.4 is 14.4 Å². The molecule has 3 aromatic carbocycles. The largest absolute Gasteiger partial charge is 0.507 e. The lowest BCUT2D eigenvalue weighted by atomic mass is 9.95. The van der Waals surface area contributed by atoms with Gasteiger partial charge in [-0.05, 0) is 61.9 Å². The zero-order chi connectivity index (χ0) is 26.1. The Bertz CT molecular complexity index is 1530. The van der Waals surface area contributed by atoms with E-state index in [9.17, 15) is 14.7 Å². The summed E-state index contributed by atoms with van der Waals surface area (Å²) in [5.74, 6) is -0.656. The molecule has 4 aromatic rings. The van der Waals surface area contributed by atoms with E-state index >= 15 is 0 Å². The smallest absolute Gasteiger partial charge is 0.301 e. The number of anilines is 1. The Morgan fingerprint density at radius 1 is 1.00 bits per heavy atom. The Morgan fingerprint density at radius 3 is 2.46 bits per heavy atom. The van der Waals surface area contributed by atoms with Gasteiger partial charge in [-0.1, -0.05) is 47.2 Å². The highest BCUT2D eigenvalue weighted by molar-refractivity contribution is 7.22. The number of amides is 1. The summed E-state index contributed by atoms with van der Waals surface area (Å²) in [6, 6.07) is 18.2. The Hall–Kier alpha value is -3.88. The molecule has 0 radical (unpaired) electrons. The highest BCUT2D eigenvalue weighted by Gasteiger charge is 2.48. The van der Waals surface area contributed by atoms with E-state index in [-0.39, 0.29) is 11.3 Å². The normalized spacial score (nSPS) is 16.9. The van der Waals surface area contributed by atoms with Crippen LogP contribution in [0.1, 0.15) is 31.0 Å². The topological polar surface area (TPSA) is 89.0 Å². The van der Waals surface area contributed by atoms with Crippen LogP contribution in [-0.2, 0) is 9.59 Å². The molecule has 1 amide bonds. The number of rotatable bonds is 7. The molecular weight excluding hydrogens is 512 g/mol. The van der Waals surface area contributed by atoms with E-state index in [1.54, 1.807) is 66.7 Å². The Kier molecular flexibility index (Phi) is 6.86. The minimum atomic E-state index is -0.900. The third kappa shape index (κ3) is 4.65. The molecule has 37 heavy (non-hydrogen) atoms. The fourth-order valence-electron chi connectivity index (χ4n) is 4.30. The van der Waals surface area contributed by atoms with Crippen molar-refractivity contribution in [3.8, 4) is 11.5 Å². The second kappa shape index (κ2) is 10.2. The maximum atomic E-state index is 13.4. The van der Waals surface area contributed by atoms with Gasteiger partial charge < -0.3 is 14.6 Å². The number of Topliss-reactive ketones (excluding diaryl/α,β-unsaturated/α-hetero) is 1. The summed E-state index contributed by atoms with van der Waals surface area (Å²) in [5, 5.41) is 12.3. The molecule has 9 heteroatoms. The third-order valence-corrected chi connectivity index (χ3v) is 7.17. The van der Waals surface area contributed by atoms with Gasteiger partial charge in [-0.25, -0.2) is 4.98 Å². The molecule has 0 spiro atoms. The van der Waals surface area contributed by atoms with Crippen LogP contribution >= 0.6 is 22.9 Å². The molecule has 1 saturated heterocycles. The number of nitrogens with zero attached hydrogens (tertiary/aromatic N) is 2. The molecule has 1 atom stereocenters. The number of benzene rings is 3. The Labute approximate surface area is 222 Å². The van der Waals surface area contributed by atoms with Crippen molar-refractivity contribution in [3.05, 3.63) is 88.5 Å². The SMILES string of the molecule is CCOc1ccc(C2C(=C(O)c3cccc(OCC)c3)C(=O)C(=O)N2c2nc3ccc(Cl)cc3s2)cc1. The minimum Gasteiger partial charge on any atom is -0.507 e. The molecule has 188 valence electrons. The monoisotopic (exact) mass is 534 g/mol. The highest BCUT2D eigenvalue weighted by atomic mass is 35.5. The van der Waals surface area contributed by atoms with E-state index in [2.05, 4.69) is 4.98 Å². The molecule has 0 saturated carbocycles. The van der Waals surface area contributed by atoms with Crippen molar-refractivity contribution in [1.82, 2.24) is 4.98 Å². The summed E-state index contributed by atoms with van der Waals surface area (Å²) in [7, 11) is 0. The lowest BCUT2D eigenvalue weighted by Gasteiger charge is -2.23. The number of hydrogen-bond acceptors (Lipinski definition) is 7. The standard InChI is InChI=1S/C28H23ClN2O5S/c1-3-35-19-11-8-16(9-12-19)24-23(25(32)17-6-5-7-20(14-17)36-4-2)26(33)27(34)31(24)28-30-21-13-10-18(29)15-22(21)37-28/h5-15,24,32H,3-4H2,1-2H3. The van der Waals surface area contributed by atoms with Gasteiger partial charge >= 0.3 is 5.91 Å². The number of carbonyl (C=O) groups is 2. The first-order chi connectivity index (χ1) is 17.9. The molecule has 0 bridgehead atoms. The van der Waals surface area contributed by atoms with Gasteiger partial charge in [-0.2, -0.15) is 0 Å². The molecule has 5 rings (SSSR count). The van der Waals surface area contributed by atoms with E-state index in [1.165, 1.54) is 16.2 Å². The van der Waals surface area contributed by atoms with Crippen molar-refractivity contribution in [2.24, 2.45) is 0 Å². The van der Waals surface area contributed by atoms with E-state index in [0.29, 0.717) is 51.5 Å². The lowest BCUT2D eigenvalue weighted by Crippen LogP contribution is -2.29. The van der Waals surface area contributed by atoms with E-state index in [1.807, 2.05) is 13.8 Å². The van der Waals surface area contributed by atoms with Gasteiger partial charge in [0.25, 0.3) is 5.78 Å². The fraction of sp³-hybridized carbons (Fsp3) is 0.179. The summed E-state index contributed by atoms with van der Waals surface area (Å²) in [5.41, 5.74) is 1.62.